The number of nitriles is 1. The molecule has 59 heavy (non-hydrogen) atoms. The number of piperidine rings is 2. The smallest absolute Gasteiger partial charge is 0.275 e. The van der Waals surface area contributed by atoms with Crippen molar-refractivity contribution in [1.82, 2.24) is 25.3 Å². The van der Waals surface area contributed by atoms with E-state index in [9.17, 15) is 24.4 Å². The fourth-order valence-corrected chi connectivity index (χ4v) is 10.3. The van der Waals surface area contributed by atoms with E-state index in [0.29, 0.717) is 33.2 Å². The highest BCUT2D eigenvalue weighted by Crippen LogP contribution is 2.55. The van der Waals surface area contributed by atoms with E-state index < -0.39 is 11.9 Å². The van der Waals surface area contributed by atoms with Crippen molar-refractivity contribution in [3.8, 4) is 11.8 Å². The Morgan fingerprint density at radius 2 is 1.58 bits per heavy atom. The van der Waals surface area contributed by atoms with Crippen molar-refractivity contribution >= 4 is 51.5 Å². The molecule has 0 spiro atoms. The number of hydrogen-bond acceptors (Lipinski definition) is 10. The van der Waals surface area contributed by atoms with Crippen molar-refractivity contribution in [3.05, 3.63) is 93.4 Å². The summed E-state index contributed by atoms with van der Waals surface area (Å²) in [6.07, 6.45) is 4.14. The second-order valence-corrected chi connectivity index (χ2v) is 18.1. The van der Waals surface area contributed by atoms with Crippen LogP contribution in [-0.2, 0) is 9.59 Å². The maximum Gasteiger partial charge on any atom is 0.275 e. The van der Waals surface area contributed by atoms with Crippen LogP contribution in [0.25, 0.3) is 10.8 Å². The molecule has 8 rings (SSSR count). The minimum Gasteiger partial charge on any atom is -0.489 e. The number of nitrogens with one attached hydrogen (secondary N) is 2. The number of benzene rings is 3. The molecule has 4 aromatic rings. The molecule has 4 heterocycles. The van der Waals surface area contributed by atoms with Gasteiger partial charge in [-0.15, -0.1) is 0 Å². The molecule has 3 amide bonds. The van der Waals surface area contributed by atoms with E-state index in [1.807, 2.05) is 30.3 Å². The molecule has 1 aromatic heterocycles. The van der Waals surface area contributed by atoms with Gasteiger partial charge in [0.15, 0.2) is 0 Å². The number of imide groups is 1. The van der Waals surface area contributed by atoms with Gasteiger partial charge in [-0.3, -0.25) is 29.4 Å². The minimum absolute atomic E-state index is 0.102. The number of piperazine rings is 1. The van der Waals surface area contributed by atoms with Crippen molar-refractivity contribution in [3.63, 3.8) is 0 Å². The van der Waals surface area contributed by atoms with Crippen LogP contribution < -0.4 is 30.7 Å². The molecular formula is C45H51ClN8O5. The van der Waals surface area contributed by atoms with Crippen LogP contribution in [0.4, 0.5) is 11.4 Å². The molecule has 14 heteroatoms. The summed E-state index contributed by atoms with van der Waals surface area (Å²) in [7, 11) is 0. The van der Waals surface area contributed by atoms with E-state index in [-0.39, 0.29) is 53.2 Å². The van der Waals surface area contributed by atoms with Crippen LogP contribution in [-0.4, -0.2) is 90.4 Å². The highest BCUT2D eigenvalue weighted by molar-refractivity contribution is 6.31. The van der Waals surface area contributed by atoms with Crippen LogP contribution >= 0.6 is 11.6 Å². The number of aromatic nitrogens is 2. The van der Waals surface area contributed by atoms with Crippen LogP contribution in [0.2, 0.25) is 5.02 Å². The van der Waals surface area contributed by atoms with Gasteiger partial charge in [-0.1, -0.05) is 39.3 Å². The molecule has 3 aromatic carbocycles. The van der Waals surface area contributed by atoms with Crippen molar-refractivity contribution in [2.75, 3.05) is 55.6 Å². The van der Waals surface area contributed by atoms with Gasteiger partial charge in [0.25, 0.3) is 17.4 Å². The van der Waals surface area contributed by atoms with Gasteiger partial charge in [0.1, 0.15) is 24.0 Å². The zero-order valence-electron chi connectivity index (χ0n) is 34.0. The summed E-state index contributed by atoms with van der Waals surface area (Å²) in [4.78, 5) is 58.0. The molecule has 1 saturated carbocycles. The highest BCUT2D eigenvalue weighted by atomic mass is 35.5. The molecule has 4 aliphatic rings. The maximum absolute atomic E-state index is 13.5. The lowest BCUT2D eigenvalue weighted by atomic mass is 9.49. The summed E-state index contributed by atoms with van der Waals surface area (Å²) in [5, 5.41) is 20.7. The average molecular weight is 819 g/mol. The lowest BCUT2D eigenvalue weighted by molar-refractivity contribution is -0.164. The Morgan fingerprint density at radius 3 is 2.24 bits per heavy atom. The predicted molar refractivity (Wildman–Crippen MR) is 227 cm³/mol. The van der Waals surface area contributed by atoms with Crippen LogP contribution in [0, 0.1) is 28.1 Å². The molecule has 2 N–H and O–H groups in total. The summed E-state index contributed by atoms with van der Waals surface area (Å²) in [5.41, 5.74) is 2.21. The van der Waals surface area contributed by atoms with Crippen LogP contribution in [0.1, 0.15) is 75.3 Å². The highest BCUT2D eigenvalue weighted by Gasteiger charge is 2.64. The third-order valence-corrected chi connectivity index (χ3v) is 13.4. The third kappa shape index (κ3) is 7.88. The number of hydrogen-bond donors (Lipinski definition) is 2. The predicted octanol–water partition coefficient (Wildman–Crippen LogP) is 5.55. The molecule has 1 aliphatic carbocycles. The Bertz CT molecular complexity index is 2360. The number of fused-ring (bicyclic) bond motifs is 1. The largest absolute Gasteiger partial charge is 0.489 e. The quantitative estimate of drug-likeness (QED) is 0.206. The third-order valence-electron chi connectivity index (χ3n) is 13.1. The number of amides is 3. The molecule has 1 atom stereocenters. The molecular weight excluding hydrogens is 768 g/mol. The fourth-order valence-electron chi connectivity index (χ4n) is 10.0. The number of carbonyl (C=O) groups excluding carboxylic acids is 3. The molecule has 13 nitrogen and oxygen atoms in total. The molecule has 4 fully saturated rings. The summed E-state index contributed by atoms with van der Waals surface area (Å²) < 4.78 is 7.59. The molecule has 0 unspecified atom stereocenters. The standard InChI is InChI=1S/C45H51ClN8O5/c1-44(2)42(45(3,4)43(44)59-34-11-7-30(25-47)36(46)24-34)50-39(56)29-5-8-32(9-6-29)52-17-15-28(16-18-52)27-51-19-21-53(22-20-51)33-10-12-35-31(23-33)26-48-54(41(35)58)37-13-14-38(55)49-40(37)57/h5-12,23-24,26,28,37,42-43H,13-22,27H2,1-4H3,(H,50,56)(H,49,55,57)/t37-,42?,43?/m0/s1. The van der Waals surface area contributed by atoms with Gasteiger partial charge in [-0.25, -0.2) is 4.68 Å². The molecule has 0 bridgehead atoms. The van der Waals surface area contributed by atoms with Gasteiger partial charge in [-0.05, 0) is 79.8 Å². The first-order chi connectivity index (χ1) is 28.2. The normalized spacial score (nSPS) is 23.3. The maximum atomic E-state index is 13.5. The van der Waals surface area contributed by atoms with E-state index >= 15 is 0 Å². The Labute approximate surface area is 349 Å². The number of rotatable bonds is 9. The van der Waals surface area contributed by atoms with Crippen LogP contribution in [0.5, 0.6) is 5.75 Å². The summed E-state index contributed by atoms with van der Waals surface area (Å²) in [5.74, 6) is 0.311. The number of carbonyl (C=O) groups is 3. The van der Waals surface area contributed by atoms with E-state index in [1.165, 1.54) is 4.68 Å². The van der Waals surface area contributed by atoms with Crippen molar-refractivity contribution in [1.29, 1.82) is 5.26 Å². The summed E-state index contributed by atoms with van der Waals surface area (Å²) >= 11 is 6.26. The summed E-state index contributed by atoms with van der Waals surface area (Å²) in [6.45, 7) is 15.1. The number of ether oxygens (including phenoxy) is 1. The zero-order valence-corrected chi connectivity index (χ0v) is 34.8. The summed E-state index contributed by atoms with van der Waals surface area (Å²) in [6, 6.07) is 20.0. The van der Waals surface area contributed by atoms with Gasteiger partial charge in [0.05, 0.1) is 22.2 Å². The molecule has 3 saturated heterocycles. The first-order valence-corrected chi connectivity index (χ1v) is 21.0. The first kappa shape index (κ1) is 40.3. The Morgan fingerprint density at radius 1 is 0.898 bits per heavy atom. The van der Waals surface area contributed by atoms with Gasteiger partial charge < -0.3 is 19.9 Å². The Hall–Kier alpha value is -5.45. The van der Waals surface area contributed by atoms with E-state index in [0.717, 1.165) is 75.4 Å². The second kappa shape index (κ2) is 16.0. The van der Waals surface area contributed by atoms with Crippen molar-refractivity contribution in [2.45, 2.75) is 71.6 Å². The van der Waals surface area contributed by atoms with E-state index in [2.05, 4.69) is 76.3 Å². The fraction of sp³-hybridized carbons (Fsp3) is 0.467. The lowest BCUT2D eigenvalue weighted by Gasteiger charge is -2.63. The van der Waals surface area contributed by atoms with Gasteiger partial charge in [-0.2, -0.15) is 10.4 Å². The minimum atomic E-state index is -0.781. The zero-order chi connectivity index (χ0) is 41.6. The monoisotopic (exact) mass is 818 g/mol. The average Bonchev–Trinajstić information content (AvgIpc) is 3.22. The first-order valence-electron chi connectivity index (χ1n) is 20.6. The lowest BCUT2D eigenvalue weighted by Crippen LogP contribution is -2.74. The Kier molecular flexibility index (Phi) is 10.9. The van der Waals surface area contributed by atoms with Gasteiger partial charge in [0.2, 0.25) is 5.91 Å². The van der Waals surface area contributed by atoms with Crippen molar-refractivity contribution < 1.29 is 19.1 Å². The SMILES string of the molecule is CC1(C)C(NC(=O)c2ccc(N3CCC(CN4CCN(c5ccc6c(=O)n([C@H]7CCC(=O)NC7=O)ncc6c5)CC4)CC3)cc2)C(C)(C)C1Oc1ccc(C#N)c(Cl)c1. The Balaban J connectivity index is 0.792. The van der Waals surface area contributed by atoms with Crippen molar-refractivity contribution in [2.24, 2.45) is 16.7 Å². The number of halogens is 1. The van der Waals surface area contributed by atoms with E-state index in [4.69, 9.17) is 16.3 Å². The molecule has 0 radical (unpaired) electrons. The number of nitrogens with zero attached hydrogens (tertiary/aromatic N) is 6. The molecule has 308 valence electrons. The van der Waals surface area contributed by atoms with Gasteiger partial charge in [0, 0.05) is 97.5 Å². The number of anilines is 2. The van der Waals surface area contributed by atoms with Gasteiger partial charge >= 0.3 is 0 Å². The topological polar surface area (TPSA) is 153 Å². The second-order valence-electron chi connectivity index (χ2n) is 17.7. The molecule has 3 aliphatic heterocycles. The van der Waals surface area contributed by atoms with E-state index in [1.54, 1.807) is 24.4 Å². The van der Waals surface area contributed by atoms with Crippen LogP contribution in [0.3, 0.4) is 0 Å². The van der Waals surface area contributed by atoms with Crippen LogP contribution in [0.15, 0.2) is 71.7 Å².